The number of hydrogen-bond acceptors (Lipinski definition) is 3. The van der Waals surface area contributed by atoms with Gasteiger partial charge in [-0.15, -0.1) is 0 Å². The Hall–Kier alpha value is 0.1000. The Balaban J connectivity index is 3.07. The van der Waals surface area contributed by atoms with Crippen molar-refractivity contribution in [1.82, 2.24) is 0 Å². The lowest BCUT2D eigenvalue weighted by Crippen LogP contribution is -2.35. The predicted molar refractivity (Wildman–Crippen MR) is 84.6 cm³/mol. The first-order chi connectivity index (χ1) is 9.16. The van der Waals surface area contributed by atoms with Crippen molar-refractivity contribution in [1.29, 1.82) is 0 Å². The Kier molecular flexibility index (Phi) is 6.71. The number of esters is 1. The molecule has 0 amide bonds. The van der Waals surface area contributed by atoms with Gasteiger partial charge in [0.05, 0.1) is 15.1 Å². The van der Waals surface area contributed by atoms with Crippen molar-refractivity contribution in [3.8, 4) is 5.75 Å². The van der Waals surface area contributed by atoms with Crippen molar-refractivity contribution in [2.45, 2.75) is 26.3 Å². The topological polar surface area (TPSA) is 52.3 Å². The third-order valence-electron chi connectivity index (χ3n) is 2.40. The molecule has 1 atom stereocenters. The summed E-state index contributed by atoms with van der Waals surface area (Å²) < 4.78 is 5.10. The summed E-state index contributed by atoms with van der Waals surface area (Å²) in [6.45, 7) is 3.87. The van der Waals surface area contributed by atoms with Crippen LogP contribution in [0.3, 0.4) is 0 Å². The fourth-order valence-corrected chi connectivity index (χ4v) is 2.65. The number of hydrogen-bond donors (Lipinski definition) is 1. The van der Waals surface area contributed by atoms with Crippen LogP contribution in [0.15, 0.2) is 0 Å². The van der Waals surface area contributed by atoms with Crippen LogP contribution < -0.4 is 10.5 Å². The second-order valence-electron chi connectivity index (χ2n) is 4.56. The number of halogens is 5. The van der Waals surface area contributed by atoms with Gasteiger partial charge in [-0.3, -0.25) is 0 Å². The molecule has 0 heterocycles. The Morgan fingerprint density at radius 1 is 1.00 bits per heavy atom. The number of carbonyl (C=O) groups excluding carboxylic acids is 1. The molecule has 0 fully saturated rings. The zero-order chi connectivity index (χ0) is 15.6. The maximum Gasteiger partial charge on any atom is 0.328 e. The summed E-state index contributed by atoms with van der Waals surface area (Å²) in [6, 6.07) is -0.796. The molecule has 0 bridgehead atoms. The van der Waals surface area contributed by atoms with E-state index in [2.05, 4.69) is 0 Å². The van der Waals surface area contributed by atoms with Crippen LogP contribution in [0.25, 0.3) is 0 Å². The summed E-state index contributed by atoms with van der Waals surface area (Å²) in [5.74, 6) is -0.574. The SMILES string of the molecule is CC(C)C[C@H](N)C(=O)Oc1c(Cl)c(Cl)c(Cl)c(Cl)c1Cl. The van der Waals surface area contributed by atoms with Gasteiger partial charge >= 0.3 is 5.97 Å². The normalized spacial score (nSPS) is 12.7. The van der Waals surface area contributed by atoms with E-state index in [9.17, 15) is 4.79 Å². The van der Waals surface area contributed by atoms with Crippen molar-refractivity contribution in [3.63, 3.8) is 0 Å². The molecule has 0 saturated carbocycles. The van der Waals surface area contributed by atoms with Crippen LogP contribution in [0.5, 0.6) is 5.75 Å². The molecule has 1 aromatic rings. The van der Waals surface area contributed by atoms with Gasteiger partial charge in [-0.05, 0) is 12.3 Å². The highest BCUT2D eigenvalue weighted by atomic mass is 35.5. The minimum Gasteiger partial charge on any atom is -0.422 e. The van der Waals surface area contributed by atoms with E-state index in [-0.39, 0.29) is 36.8 Å². The largest absolute Gasteiger partial charge is 0.422 e. The number of rotatable bonds is 4. The van der Waals surface area contributed by atoms with Gasteiger partial charge in [0.1, 0.15) is 16.1 Å². The summed E-state index contributed by atoms with van der Waals surface area (Å²) in [5, 5.41) is -0.257. The van der Waals surface area contributed by atoms with Crippen molar-refractivity contribution >= 4 is 64.0 Å². The Morgan fingerprint density at radius 3 is 1.80 bits per heavy atom. The highest BCUT2D eigenvalue weighted by Gasteiger charge is 2.25. The predicted octanol–water partition coefficient (Wildman–Crippen LogP) is 5.23. The molecular formula is C12H12Cl5NO2. The monoisotopic (exact) mass is 377 g/mol. The van der Waals surface area contributed by atoms with E-state index in [1.54, 1.807) is 0 Å². The minimum atomic E-state index is -0.796. The van der Waals surface area contributed by atoms with Crippen LogP contribution in [0, 0.1) is 5.92 Å². The van der Waals surface area contributed by atoms with Gasteiger partial charge in [0.25, 0.3) is 0 Å². The van der Waals surface area contributed by atoms with Crippen molar-refractivity contribution in [2.24, 2.45) is 11.7 Å². The molecule has 2 N–H and O–H groups in total. The van der Waals surface area contributed by atoms with E-state index < -0.39 is 12.0 Å². The van der Waals surface area contributed by atoms with Gasteiger partial charge in [0, 0.05) is 0 Å². The van der Waals surface area contributed by atoms with Crippen LogP contribution in [0.1, 0.15) is 20.3 Å². The van der Waals surface area contributed by atoms with E-state index in [0.29, 0.717) is 6.42 Å². The first-order valence-electron chi connectivity index (χ1n) is 5.65. The van der Waals surface area contributed by atoms with Gasteiger partial charge in [-0.1, -0.05) is 71.9 Å². The standard InChI is InChI=1S/C12H12Cl5NO2/c1-4(2)3-5(18)12(19)20-11-9(16)7(14)6(13)8(15)10(11)17/h4-5H,3,18H2,1-2H3/t5-/m0/s1. The first kappa shape index (κ1) is 18.1. The third kappa shape index (κ3) is 4.06. The zero-order valence-electron chi connectivity index (χ0n) is 10.6. The summed E-state index contributed by atoms with van der Waals surface area (Å²) in [5.41, 5.74) is 5.72. The van der Waals surface area contributed by atoms with E-state index >= 15 is 0 Å². The smallest absolute Gasteiger partial charge is 0.328 e. The summed E-state index contributed by atoms with van der Waals surface area (Å²) >= 11 is 29.5. The molecule has 0 aromatic heterocycles. The van der Waals surface area contributed by atoms with Gasteiger partial charge in [-0.2, -0.15) is 0 Å². The highest BCUT2D eigenvalue weighted by molar-refractivity contribution is 6.55. The molecule has 0 radical (unpaired) electrons. The minimum absolute atomic E-state index is 0.00499. The van der Waals surface area contributed by atoms with E-state index in [4.69, 9.17) is 68.5 Å². The van der Waals surface area contributed by atoms with Crippen LogP contribution in [0.4, 0.5) is 0 Å². The van der Waals surface area contributed by atoms with Gasteiger partial charge < -0.3 is 10.5 Å². The Morgan fingerprint density at radius 2 is 1.40 bits per heavy atom. The molecule has 0 aliphatic rings. The second kappa shape index (κ2) is 7.39. The zero-order valence-corrected chi connectivity index (χ0v) is 14.4. The fourth-order valence-electron chi connectivity index (χ4n) is 1.45. The molecule has 112 valence electrons. The molecule has 1 aromatic carbocycles. The highest BCUT2D eigenvalue weighted by Crippen LogP contribution is 2.48. The molecule has 8 heteroatoms. The average molecular weight is 379 g/mol. The molecule has 1 rings (SSSR count). The Labute approximate surface area is 142 Å². The van der Waals surface area contributed by atoms with Crippen molar-refractivity contribution in [3.05, 3.63) is 25.1 Å². The lowest BCUT2D eigenvalue weighted by molar-refractivity contribution is -0.136. The molecule has 0 unspecified atom stereocenters. The average Bonchev–Trinajstić information content (AvgIpc) is 2.38. The lowest BCUT2D eigenvalue weighted by atomic mass is 10.1. The van der Waals surface area contributed by atoms with E-state index in [0.717, 1.165) is 0 Å². The first-order valence-corrected chi connectivity index (χ1v) is 7.54. The molecule has 0 aliphatic heterocycles. The summed E-state index contributed by atoms with van der Waals surface area (Å²) in [6.07, 6.45) is 0.461. The van der Waals surface area contributed by atoms with Gasteiger partial charge in [0.15, 0.2) is 5.75 Å². The second-order valence-corrected chi connectivity index (χ2v) is 6.45. The third-order valence-corrected chi connectivity index (χ3v) is 4.64. The maximum absolute atomic E-state index is 11.9. The van der Waals surface area contributed by atoms with Crippen LogP contribution in [-0.2, 0) is 4.79 Å². The summed E-state index contributed by atoms with van der Waals surface area (Å²) in [7, 11) is 0. The van der Waals surface area contributed by atoms with E-state index in [1.807, 2.05) is 13.8 Å². The quantitative estimate of drug-likeness (QED) is 0.337. The Bertz CT molecular complexity index is 504. The van der Waals surface area contributed by atoms with Crippen LogP contribution >= 0.6 is 58.0 Å². The maximum atomic E-state index is 11.9. The van der Waals surface area contributed by atoms with Gasteiger partial charge in [0.2, 0.25) is 0 Å². The molecule has 0 saturated heterocycles. The molecular weight excluding hydrogens is 367 g/mol. The number of benzene rings is 1. The molecule has 20 heavy (non-hydrogen) atoms. The van der Waals surface area contributed by atoms with Crippen molar-refractivity contribution in [2.75, 3.05) is 0 Å². The van der Waals surface area contributed by atoms with Crippen LogP contribution in [0.2, 0.25) is 25.1 Å². The number of nitrogens with two attached hydrogens (primary N) is 1. The lowest BCUT2D eigenvalue weighted by Gasteiger charge is -2.16. The van der Waals surface area contributed by atoms with Crippen molar-refractivity contribution < 1.29 is 9.53 Å². The van der Waals surface area contributed by atoms with E-state index in [1.165, 1.54) is 0 Å². The fraction of sp³-hybridized carbons (Fsp3) is 0.417. The summed E-state index contributed by atoms with van der Waals surface area (Å²) in [4.78, 5) is 11.9. The van der Waals surface area contributed by atoms with Crippen LogP contribution in [-0.4, -0.2) is 12.0 Å². The molecule has 3 nitrogen and oxygen atoms in total. The van der Waals surface area contributed by atoms with Gasteiger partial charge in [-0.25, -0.2) is 4.79 Å². The number of carbonyl (C=O) groups is 1. The molecule has 0 spiro atoms. The number of ether oxygens (including phenoxy) is 1. The molecule has 0 aliphatic carbocycles.